The van der Waals surface area contributed by atoms with Gasteiger partial charge in [-0.3, -0.25) is 0 Å². The summed E-state index contributed by atoms with van der Waals surface area (Å²) in [6.45, 7) is 0. The van der Waals surface area contributed by atoms with Gasteiger partial charge in [-0.25, -0.2) is 0 Å². The number of hydrogen-bond acceptors (Lipinski definition) is 2. The first-order chi connectivity index (χ1) is 33.2. The summed E-state index contributed by atoms with van der Waals surface area (Å²) in [5.41, 5.74) is 22.3. The van der Waals surface area contributed by atoms with E-state index in [1.807, 2.05) is 0 Å². The van der Waals surface area contributed by atoms with E-state index in [9.17, 15) is 0 Å². The zero-order chi connectivity index (χ0) is 44.1. The van der Waals surface area contributed by atoms with Gasteiger partial charge in [0.15, 0.2) is 0 Å². The third-order valence-corrected chi connectivity index (χ3v) is 14.5. The molecule has 0 bridgehead atoms. The van der Waals surface area contributed by atoms with Gasteiger partial charge < -0.3 is 9.32 Å². The molecule has 14 rings (SSSR count). The molecule has 1 spiro atoms. The van der Waals surface area contributed by atoms with E-state index in [0.29, 0.717) is 0 Å². The molecule has 0 saturated carbocycles. The van der Waals surface area contributed by atoms with Gasteiger partial charge in [-0.15, -0.1) is 0 Å². The maximum atomic E-state index is 6.88. The average Bonchev–Trinajstić information content (AvgIpc) is 4.04. The highest BCUT2D eigenvalue weighted by atomic mass is 16.3. The molecule has 0 unspecified atom stereocenters. The van der Waals surface area contributed by atoms with Crippen LogP contribution < -0.4 is 4.90 Å². The van der Waals surface area contributed by atoms with Gasteiger partial charge in [0.05, 0.1) is 16.5 Å². The van der Waals surface area contributed by atoms with Crippen LogP contribution in [0, 0.1) is 0 Å². The van der Waals surface area contributed by atoms with Crippen LogP contribution in [-0.2, 0) is 5.41 Å². The van der Waals surface area contributed by atoms with Gasteiger partial charge in [-0.2, -0.15) is 0 Å². The van der Waals surface area contributed by atoms with E-state index in [1.165, 1.54) is 72.3 Å². The third-order valence-electron chi connectivity index (χ3n) is 14.5. The largest absolute Gasteiger partial charge is 0.455 e. The lowest BCUT2D eigenvalue weighted by molar-refractivity contribution is 0.672. The molecule has 0 atom stereocenters. The first-order valence-corrected chi connectivity index (χ1v) is 23.2. The summed E-state index contributed by atoms with van der Waals surface area (Å²) >= 11 is 0. The molecule has 1 aromatic heterocycles. The van der Waals surface area contributed by atoms with Crippen LogP contribution in [0.5, 0.6) is 0 Å². The second-order valence-electron chi connectivity index (χ2n) is 17.9. The number of para-hydroxylation sites is 2. The van der Waals surface area contributed by atoms with E-state index in [2.05, 4.69) is 254 Å². The van der Waals surface area contributed by atoms with E-state index >= 15 is 0 Å². The Morgan fingerprint density at radius 1 is 0.299 bits per heavy atom. The number of rotatable bonds is 6. The van der Waals surface area contributed by atoms with Crippen LogP contribution in [0.4, 0.5) is 17.1 Å². The van der Waals surface area contributed by atoms with Gasteiger partial charge in [0.2, 0.25) is 0 Å². The summed E-state index contributed by atoms with van der Waals surface area (Å²) in [6.07, 6.45) is 0. The van der Waals surface area contributed by atoms with E-state index in [1.54, 1.807) is 0 Å². The number of nitrogens with zero attached hydrogens (tertiary/aromatic N) is 1. The van der Waals surface area contributed by atoms with Crippen LogP contribution in [0.25, 0.3) is 88.3 Å². The van der Waals surface area contributed by atoms with Gasteiger partial charge in [-0.1, -0.05) is 188 Å². The Balaban J connectivity index is 0.965. The van der Waals surface area contributed by atoms with Crippen LogP contribution in [0.3, 0.4) is 0 Å². The van der Waals surface area contributed by atoms with Gasteiger partial charge in [0, 0.05) is 22.1 Å². The Bertz CT molecular complexity index is 3840. The topological polar surface area (TPSA) is 16.4 Å². The molecular formula is C65H41NO. The van der Waals surface area contributed by atoms with Crippen molar-refractivity contribution in [2.45, 2.75) is 5.41 Å². The molecule has 0 N–H and O–H groups in total. The Morgan fingerprint density at radius 3 is 1.45 bits per heavy atom. The maximum absolute atomic E-state index is 6.88. The van der Waals surface area contributed by atoms with Crippen LogP contribution in [-0.4, -0.2) is 0 Å². The van der Waals surface area contributed by atoms with Crippen molar-refractivity contribution in [1.82, 2.24) is 0 Å². The van der Waals surface area contributed by atoms with Gasteiger partial charge in [0.25, 0.3) is 0 Å². The first-order valence-electron chi connectivity index (χ1n) is 23.2. The second kappa shape index (κ2) is 14.7. The van der Waals surface area contributed by atoms with Crippen LogP contribution in [0.2, 0.25) is 0 Å². The summed E-state index contributed by atoms with van der Waals surface area (Å²) in [6, 6.07) is 91.2. The normalized spacial score (nSPS) is 12.9. The number of furan rings is 1. The minimum Gasteiger partial charge on any atom is -0.455 e. The van der Waals surface area contributed by atoms with E-state index in [4.69, 9.17) is 4.42 Å². The van der Waals surface area contributed by atoms with Crippen molar-refractivity contribution in [3.8, 4) is 55.6 Å². The van der Waals surface area contributed by atoms with Crippen molar-refractivity contribution >= 4 is 49.8 Å². The molecule has 0 amide bonds. The molecule has 2 heteroatoms. The quantitative estimate of drug-likeness (QED) is 0.166. The molecule has 2 aliphatic rings. The highest BCUT2D eigenvalue weighted by Gasteiger charge is 2.51. The predicted octanol–water partition coefficient (Wildman–Crippen LogP) is 17.6. The molecule has 0 aliphatic heterocycles. The Hall–Kier alpha value is -8.72. The van der Waals surface area contributed by atoms with Crippen molar-refractivity contribution in [2.75, 3.05) is 4.90 Å². The minimum absolute atomic E-state index is 0.467. The molecule has 312 valence electrons. The monoisotopic (exact) mass is 851 g/mol. The second-order valence-corrected chi connectivity index (χ2v) is 17.9. The summed E-state index contributed by atoms with van der Waals surface area (Å²) in [5.74, 6) is 0. The summed E-state index contributed by atoms with van der Waals surface area (Å²) in [7, 11) is 0. The molecule has 2 nitrogen and oxygen atoms in total. The molecule has 0 radical (unpaired) electrons. The Labute approximate surface area is 389 Å². The van der Waals surface area contributed by atoms with E-state index in [0.717, 1.165) is 55.3 Å². The molecule has 0 saturated heterocycles. The zero-order valence-corrected chi connectivity index (χ0v) is 36.5. The lowest BCUT2D eigenvalue weighted by atomic mass is 9.70. The molecule has 0 fully saturated rings. The molecule has 12 aromatic rings. The number of anilines is 3. The Kier molecular flexibility index (Phi) is 8.23. The summed E-state index contributed by atoms with van der Waals surface area (Å²) in [5, 5.41) is 4.43. The van der Waals surface area contributed by atoms with E-state index < -0.39 is 5.41 Å². The van der Waals surface area contributed by atoms with Crippen molar-refractivity contribution in [3.63, 3.8) is 0 Å². The highest BCUT2D eigenvalue weighted by Crippen LogP contribution is 2.63. The van der Waals surface area contributed by atoms with Gasteiger partial charge in [-0.05, 0) is 144 Å². The standard InChI is InChI=1S/C65H41NO/c1-4-18-42(19-5-1)44-34-36-52-53-37-35-45(40-60(53)65(59(52)39-44)57-30-14-12-27-50(57)51-28-13-15-31-58(51)65)43-20-16-21-46(38-43)55-41-56-63-61(66(47-22-6-2-7-23-47)48-24-8-3-9-25-48)32-17-33-62(63)67-64(56)54-29-11-10-26-49(54)55/h1-41H. The Morgan fingerprint density at radius 2 is 0.791 bits per heavy atom. The van der Waals surface area contributed by atoms with Crippen LogP contribution in [0.1, 0.15) is 22.3 Å². The molecule has 67 heavy (non-hydrogen) atoms. The third kappa shape index (κ3) is 5.51. The van der Waals surface area contributed by atoms with Gasteiger partial charge >= 0.3 is 0 Å². The summed E-state index contributed by atoms with van der Waals surface area (Å²) < 4.78 is 6.88. The van der Waals surface area contributed by atoms with Crippen LogP contribution >= 0.6 is 0 Å². The predicted molar refractivity (Wildman–Crippen MR) is 279 cm³/mol. The SMILES string of the molecule is c1ccc(-c2ccc3c(c2)C2(c4ccccc4-c4ccccc42)c2cc(-c4cccc(-c5cc6c(oc7cccc(N(c8ccccc8)c8ccccc8)c76)c6ccccc56)c4)ccc2-3)cc1. The minimum atomic E-state index is -0.467. The lowest BCUT2D eigenvalue weighted by Crippen LogP contribution is -2.26. The number of fused-ring (bicyclic) bond motifs is 15. The fourth-order valence-electron chi connectivity index (χ4n) is 11.6. The number of hydrogen-bond donors (Lipinski definition) is 0. The number of benzene rings is 11. The van der Waals surface area contributed by atoms with Crippen molar-refractivity contribution < 1.29 is 4.42 Å². The summed E-state index contributed by atoms with van der Waals surface area (Å²) in [4.78, 5) is 2.34. The van der Waals surface area contributed by atoms with Gasteiger partial charge in [0.1, 0.15) is 11.2 Å². The first kappa shape index (κ1) is 37.6. The van der Waals surface area contributed by atoms with Crippen LogP contribution in [0.15, 0.2) is 253 Å². The molecular weight excluding hydrogens is 811 g/mol. The average molecular weight is 852 g/mol. The zero-order valence-electron chi connectivity index (χ0n) is 36.5. The highest BCUT2D eigenvalue weighted by molar-refractivity contribution is 6.22. The fraction of sp³-hybridized carbons (Fsp3) is 0.0154. The van der Waals surface area contributed by atoms with Crippen molar-refractivity contribution in [3.05, 3.63) is 271 Å². The smallest absolute Gasteiger partial charge is 0.143 e. The molecule has 11 aromatic carbocycles. The van der Waals surface area contributed by atoms with Crippen molar-refractivity contribution in [1.29, 1.82) is 0 Å². The fourth-order valence-corrected chi connectivity index (χ4v) is 11.6. The van der Waals surface area contributed by atoms with Crippen molar-refractivity contribution in [2.24, 2.45) is 0 Å². The lowest BCUT2D eigenvalue weighted by Gasteiger charge is -2.31. The molecule has 1 heterocycles. The van der Waals surface area contributed by atoms with E-state index in [-0.39, 0.29) is 0 Å². The maximum Gasteiger partial charge on any atom is 0.143 e. The molecule has 2 aliphatic carbocycles.